The van der Waals surface area contributed by atoms with E-state index in [1.54, 1.807) is 30.3 Å². The van der Waals surface area contributed by atoms with Gasteiger partial charge in [0.25, 0.3) is 5.91 Å². The van der Waals surface area contributed by atoms with Crippen molar-refractivity contribution in [3.05, 3.63) is 66.2 Å². The summed E-state index contributed by atoms with van der Waals surface area (Å²) in [7, 11) is 0. The van der Waals surface area contributed by atoms with Gasteiger partial charge in [-0.05, 0) is 0 Å². The van der Waals surface area contributed by atoms with Crippen molar-refractivity contribution in [2.75, 3.05) is 13.1 Å². The number of carbonyl (C=O) groups is 1. The van der Waals surface area contributed by atoms with Gasteiger partial charge in [0.05, 0.1) is 0 Å². The van der Waals surface area contributed by atoms with Crippen molar-refractivity contribution < 1.29 is 18.0 Å². The number of thiazole rings is 1. The Balaban J connectivity index is 2.51. The first-order chi connectivity index (χ1) is 11.4. The highest BCUT2D eigenvalue weighted by molar-refractivity contribution is 7.17. The fraction of sp³-hybridized carbons (Fsp3) is 0.176. The highest BCUT2D eigenvalue weighted by Crippen LogP contribution is 2.38. The summed E-state index contributed by atoms with van der Waals surface area (Å²) < 4.78 is 39.9. The Morgan fingerprint density at radius 1 is 1.17 bits per heavy atom. The van der Waals surface area contributed by atoms with Crippen LogP contribution in [0.4, 0.5) is 13.2 Å². The molecule has 2 aromatic rings. The smallest absolute Gasteiger partial charge is 0.330 e. The van der Waals surface area contributed by atoms with Gasteiger partial charge in [0.15, 0.2) is 5.69 Å². The number of rotatable bonds is 6. The number of benzene rings is 1. The molecule has 0 saturated carbocycles. The molecule has 0 aliphatic carbocycles. The number of carbonyl (C=O) groups excluding carboxylic acids is 1. The lowest BCUT2D eigenvalue weighted by Crippen LogP contribution is -2.32. The van der Waals surface area contributed by atoms with Gasteiger partial charge in [-0.15, -0.1) is 24.5 Å². The van der Waals surface area contributed by atoms with Crippen LogP contribution >= 0.6 is 11.3 Å². The Bertz CT molecular complexity index is 728. The molecule has 0 N–H and O–H groups in total. The highest BCUT2D eigenvalue weighted by Gasteiger charge is 2.40. The number of halogens is 3. The van der Waals surface area contributed by atoms with Crippen LogP contribution in [0, 0.1) is 0 Å². The number of alkyl halides is 3. The van der Waals surface area contributed by atoms with E-state index >= 15 is 0 Å². The minimum atomic E-state index is -4.71. The summed E-state index contributed by atoms with van der Waals surface area (Å²) in [6, 6.07) is 8.46. The van der Waals surface area contributed by atoms with Crippen LogP contribution in [-0.4, -0.2) is 28.9 Å². The molecule has 2 rings (SSSR count). The van der Waals surface area contributed by atoms with E-state index in [9.17, 15) is 18.0 Å². The number of aromatic nitrogens is 1. The van der Waals surface area contributed by atoms with Gasteiger partial charge in [-0.1, -0.05) is 42.5 Å². The second-order valence-electron chi connectivity index (χ2n) is 4.85. The first kappa shape index (κ1) is 17.9. The van der Waals surface area contributed by atoms with Crippen LogP contribution < -0.4 is 0 Å². The molecule has 0 fully saturated rings. The summed E-state index contributed by atoms with van der Waals surface area (Å²) in [4.78, 5) is 17.0. The number of hydrogen-bond acceptors (Lipinski definition) is 3. The van der Waals surface area contributed by atoms with E-state index in [0.717, 1.165) is 11.3 Å². The maximum Gasteiger partial charge on any atom is 0.435 e. The largest absolute Gasteiger partial charge is 0.435 e. The monoisotopic (exact) mass is 352 g/mol. The fourth-order valence-corrected chi connectivity index (χ4v) is 3.12. The van der Waals surface area contributed by atoms with Crippen LogP contribution in [-0.2, 0) is 6.18 Å². The average molecular weight is 352 g/mol. The summed E-state index contributed by atoms with van der Waals surface area (Å²) in [6.07, 6.45) is -1.80. The van der Waals surface area contributed by atoms with E-state index in [2.05, 4.69) is 18.1 Å². The standard InChI is InChI=1S/C17H15F3N2OS/c1-3-10-22(11-4-2)16(23)13-14(17(18,19)20)21-15(24-13)12-8-6-5-7-9-12/h3-9H,1-2,10-11H2. The predicted molar refractivity (Wildman–Crippen MR) is 88.8 cm³/mol. The van der Waals surface area contributed by atoms with Crippen LogP contribution in [0.15, 0.2) is 55.6 Å². The van der Waals surface area contributed by atoms with Crippen LogP contribution in [0.2, 0.25) is 0 Å². The third-order valence-electron chi connectivity index (χ3n) is 3.10. The van der Waals surface area contributed by atoms with Gasteiger partial charge < -0.3 is 4.90 Å². The van der Waals surface area contributed by atoms with Crippen molar-refractivity contribution in [2.45, 2.75) is 6.18 Å². The lowest BCUT2D eigenvalue weighted by molar-refractivity contribution is -0.141. The van der Waals surface area contributed by atoms with Crippen molar-refractivity contribution >= 4 is 17.2 Å². The molecule has 0 radical (unpaired) electrons. The minimum Gasteiger partial charge on any atom is -0.330 e. The second-order valence-corrected chi connectivity index (χ2v) is 5.85. The summed E-state index contributed by atoms with van der Waals surface area (Å²) in [5, 5.41) is 0.156. The van der Waals surface area contributed by atoms with Crippen LogP contribution in [0.3, 0.4) is 0 Å². The molecule has 0 atom stereocenters. The molecule has 1 heterocycles. The normalized spacial score (nSPS) is 11.1. The van der Waals surface area contributed by atoms with E-state index in [-0.39, 0.29) is 18.1 Å². The van der Waals surface area contributed by atoms with Crippen LogP contribution in [0.5, 0.6) is 0 Å². The molecule has 126 valence electrons. The lowest BCUT2D eigenvalue weighted by Gasteiger charge is -2.19. The van der Waals surface area contributed by atoms with Crippen molar-refractivity contribution in [1.29, 1.82) is 0 Å². The molecule has 0 aliphatic heterocycles. The molecule has 3 nitrogen and oxygen atoms in total. The Morgan fingerprint density at radius 3 is 2.25 bits per heavy atom. The van der Waals surface area contributed by atoms with E-state index in [0.29, 0.717) is 5.56 Å². The zero-order chi connectivity index (χ0) is 17.7. The Hall–Kier alpha value is -2.41. The van der Waals surface area contributed by atoms with E-state index in [4.69, 9.17) is 0 Å². The number of hydrogen-bond donors (Lipinski definition) is 0. The van der Waals surface area contributed by atoms with E-state index in [1.807, 2.05) is 0 Å². The molecule has 1 amide bonds. The Morgan fingerprint density at radius 2 is 1.75 bits per heavy atom. The molecule has 0 spiro atoms. The van der Waals surface area contributed by atoms with Crippen molar-refractivity contribution in [1.82, 2.24) is 9.88 Å². The third-order valence-corrected chi connectivity index (χ3v) is 4.19. The van der Waals surface area contributed by atoms with E-state index in [1.165, 1.54) is 17.1 Å². The molecular weight excluding hydrogens is 337 g/mol. The summed E-state index contributed by atoms with van der Waals surface area (Å²) in [6.45, 7) is 7.29. The number of amides is 1. The van der Waals surface area contributed by atoms with Crippen LogP contribution in [0.1, 0.15) is 15.4 Å². The quantitative estimate of drug-likeness (QED) is 0.710. The average Bonchev–Trinajstić information content (AvgIpc) is 3.00. The lowest BCUT2D eigenvalue weighted by atomic mass is 10.2. The molecule has 0 aliphatic rings. The maximum absolute atomic E-state index is 13.3. The van der Waals surface area contributed by atoms with E-state index < -0.39 is 22.7 Å². The molecule has 7 heteroatoms. The van der Waals surface area contributed by atoms with Crippen molar-refractivity contribution in [3.8, 4) is 10.6 Å². The topological polar surface area (TPSA) is 33.2 Å². The first-order valence-corrected chi connectivity index (χ1v) is 7.84. The van der Waals surface area contributed by atoms with Gasteiger partial charge in [-0.3, -0.25) is 4.79 Å². The number of nitrogens with zero attached hydrogens (tertiary/aromatic N) is 2. The minimum absolute atomic E-state index is 0.126. The summed E-state index contributed by atoms with van der Waals surface area (Å²) in [5.74, 6) is -0.734. The molecule has 0 unspecified atom stereocenters. The van der Waals surface area contributed by atoms with Gasteiger partial charge in [0.2, 0.25) is 0 Å². The summed E-state index contributed by atoms with van der Waals surface area (Å²) in [5.41, 5.74) is -0.625. The molecule has 1 aromatic heterocycles. The third kappa shape index (κ3) is 3.91. The second kappa shape index (κ2) is 7.44. The Kier molecular flexibility index (Phi) is 5.56. The first-order valence-electron chi connectivity index (χ1n) is 7.03. The molecule has 0 saturated heterocycles. The van der Waals surface area contributed by atoms with Crippen LogP contribution in [0.25, 0.3) is 10.6 Å². The van der Waals surface area contributed by atoms with Gasteiger partial charge in [-0.2, -0.15) is 13.2 Å². The fourth-order valence-electron chi connectivity index (χ4n) is 2.06. The summed E-state index contributed by atoms with van der Waals surface area (Å²) >= 11 is 0.737. The molecular formula is C17H15F3N2OS. The Labute approximate surface area is 141 Å². The SMILES string of the molecule is C=CCN(CC=C)C(=O)c1sc(-c2ccccc2)nc1C(F)(F)F. The molecule has 0 bridgehead atoms. The zero-order valence-electron chi connectivity index (χ0n) is 12.7. The predicted octanol–water partition coefficient (Wildman–Crippen LogP) is 4.64. The van der Waals surface area contributed by atoms with Crippen molar-refractivity contribution in [2.24, 2.45) is 0 Å². The maximum atomic E-state index is 13.3. The zero-order valence-corrected chi connectivity index (χ0v) is 13.5. The molecule has 1 aromatic carbocycles. The van der Waals surface area contributed by atoms with Crippen molar-refractivity contribution in [3.63, 3.8) is 0 Å². The van der Waals surface area contributed by atoms with Gasteiger partial charge in [0.1, 0.15) is 9.88 Å². The van der Waals surface area contributed by atoms with Gasteiger partial charge >= 0.3 is 6.18 Å². The van der Waals surface area contributed by atoms with Gasteiger partial charge in [0, 0.05) is 18.7 Å². The van der Waals surface area contributed by atoms with Gasteiger partial charge in [-0.25, -0.2) is 4.98 Å². The highest BCUT2D eigenvalue weighted by atomic mass is 32.1. The molecule has 24 heavy (non-hydrogen) atoms.